The maximum absolute atomic E-state index is 12.0. The molecule has 0 N–H and O–H groups in total. The van der Waals surface area contributed by atoms with Crippen molar-refractivity contribution >= 4 is 5.97 Å². The summed E-state index contributed by atoms with van der Waals surface area (Å²) < 4.78 is 21.1. The van der Waals surface area contributed by atoms with Crippen molar-refractivity contribution in [2.24, 2.45) is 0 Å². The second-order valence-electron chi connectivity index (χ2n) is 4.44. The van der Waals surface area contributed by atoms with Crippen molar-refractivity contribution < 1.29 is 23.7 Å². The number of methoxy groups -OCH3 is 3. The van der Waals surface area contributed by atoms with Gasteiger partial charge in [0.2, 0.25) is 0 Å². The minimum atomic E-state index is -0.543. The van der Waals surface area contributed by atoms with Gasteiger partial charge in [0, 0.05) is 0 Å². The van der Waals surface area contributed by atoms with E-state index >= 15 is 0 Å². The molecule has 0 aliphatic carbocycles. The summed E-state index contributed by atoms with van der Waals surface area (Å²) >= 11 is 0. The van der Waals surface area contributed by atoms with E-state index in [1.807, 2.05) is 30.3 Å². The molecule has 22 heavy (non-hydrogen) atoms. The van der Waals surface area contributed by atoms with Gasteiger partial charge in [-0.25, -0.2) is 4.79 Å². The normalized spacial score (nSPS) is 9.95. The van der Waals surface area contributed by atoms with Gasteiger partial charge < -0.3 is 18.9 Å². The molecule has 0 aliphatic heterocycles. The summed E-state index contributed by atoms with van der Waals surface area (Å²) in [7, 11) is 4.25. The zero-order valence-corrected chi connectivity index (χ0v) is 12.8. The van der Waals surface area contributed by atoms with Gasteiger partial charge in [-0.1, -0.05) is 30.3 Å². The number of carbonyl (C=O) groups excluding carboxylic acids is 1. The van der Waals surface area contributed by atoms with Crippen LogP contribution in [0.3, 0.4) is 0 Å². The number of ether oxygens (including phenoxy) is 4. The quantitative estimate of drug-likeness (QED) is 0.768. The lowest BCUT2D eigenvalue weighted by Gasteiger charge is -2.16. The number of rotatable bonds is 6. The van der Waals surface area contributed by atoms with Crippen molar-refractivity contribution in [2.75, 3.05) is 21.3 Å². The predicted molar refractivity (Wildman–Crippen MR) is 81.7 cm³/mol. The second-order valence-corrected chi connectivity index (χ2v) is 4.44. The predicted octanol–water partition coefficient (Wildman–Crippen LogP) is 3.07. The van der Waals surface area contributed by atoms with Gasteiger partial charge in [-0.15, -0.1) is 0 Å². The van der Waals surface area contributed by atoms with Crippen LogP contribution in [0, 0.1) is 0 Å². The van der Waals surface area contributed by atoms with Crippen LogP contribution in [-0.4, -0.2) is 27.3 Å². The highest BCUT2D eigenvalue weighted by Crippen LogP contribution is 2.38. The average molecular weight is 302 g/mol. The molecule has 2 rings (SSSR count). The topological polar surface area (TPSA) is 54.0 Å². The third kappa shape index (κ3) is 3.31. The van der Waals surface area contributed by atoms with Crippen LogP contribution >= 0.6 is 0 Å². The monoisotopic (exact) mass is 302 g/mol. The Labute approximate surface area is 129 Å². The Morgan fingerprint density at radius 3 is 2.18 bits per heavy atom. The molecule has 0 spiro atoms. The summed E-state index contributed by atoms with van der Waals surface area (Å²) in [5.41, 5.74) is 1.22. The number of carbonyl (C=O) groups is 1. The van der Waals surface area contributed by atoms with E-state index in [1.54, 1.807) is 12.1 Å². The summed E-state index contributed by atoms with van der Waals surface area (Å²) in [6.45, 7) is 0.365. The lowest BCUT2D eigenvalue weighted by atomic mass is 10.1. The number of hydrogen-bond donors (Lipinski definition) is 0. The van der Waals surface area contributed by atoms with Crippen LogP contribution in [0.15, 0.2) is 42.5 Å². The van der Waals surface area contributed by atoms with Crippen LogP contribution < -0.4 is 14.2 Å². The molecule has 0 heterocycles. The SMILES string of the molecule is COC(=O)c1c(OC)ccc(OCc2ccccc2)c1OC. The molecule has 5 nitrogen and oxygen atoms in total. The average Bonchev–Trinajstić information content (AvgIpc) is 2.59. The Kier molecular flexibility index (Phi) is 5.25. The Hall–Kier alpha value is -2.69. The minimum absolute atomic E-state index is 0.207. The fourth-order valence-corrected chi connectivity index (χ4v) is 2.06. The Balaban J connectivity index is 2.33. The molecule has 0 aromatic heterocycles. The maximum Gasteiger partial charge on any atom is 0.345 e. The third-order valence-corrected chi connectivity index (χ3v) is 3.13. The van der Waals surface area contributed by atoms with E-state index in [0.29, 0.717) is 23.9 Å². The van der Waals surface area contributed by atoms with Gasteiger partial charge >= 0.3 is 5.97 Å². The molecule has 5 heteroatoms. The molecule has 0 amide bonds. The zero-order chi connectivity index (χ0) is 15.9. The van der Waals surface area contributed by atoms with Gasteiger partial charge in [0.1, 0.15) is 17.9 Å². The van der Waals surface area contributed by atoms with Gasteiger partial charge in [-0.2, -0.15) is 0 Å². The largest absolute Gasteiger partial charge is 0.496 e. The van der Waals surface area contributed by atoms with E-state index in [9.17, 15) is 4.79 Å². The molecule has 0 unspecified atom stereocenters. The van der Waals surface area contributed by atoms with Gasteiger partial charge in [0.15, 0.2) is 11.5 Å². The van der Waals surface area contributed by atoms with Crippen molar-refractivity contribution in [1.29, 1.82) is 0 Å². The van der Waals surface area contributed by atoms with Gasteiger partial charge in [-0.3, -0.25) is 0 Å². The Morgan fingerprint density at radius 1 is 0.909 bits per heavy atom. The van der Waals surface area contributed by atoms with Crippen LogP contribution in [0.1, 0.15) is 15.9 Å². The van der Waals surface area contributed by atoms with E-state index in [-0.39, 0.29) is 5.56 Å². The molecular formula is C17H18O5. The second kappa shape index (κ2) is 7.36. The van der Waals surface area contributed by atoms with Crippen molar-refractivity contribution in [1.82, 2.24) is 0 Å². The van der Waals surface area contributed by atoms with Crippen molar-refractivity contribution in [3.63, 3.8) is 0 Å². The van der Waals surface area contributed by atoms with Crippen molar-refractivity contribution in [3.05, 3.63) is 53.6 Å². The Bertz CT molecular complexity index is 637. The lowest BCUT2D eigenvalue weighted by molar-refractivity contribution is 0.0592. The molecule has 0 atom stereocenters. The highest BCUT2D eigenvalue weighted by molar-refractivity contribution is 5.96. The van der Waals surface area contributed by atoms with E-state index in [1.165, 1.54) is 21.3 Å². The van der Waals surface area contributed by atoms with Crippen molar-refractivity contribution in [2.45, 2.75) is 6.61 Å². The van der Waals surface area contributed by atoms with Crippen LogP contribution in [0.25, 0.3) is 0 Å². The molecule has 0 bridgehead atoms. The van der Waals surface area contributed by atoms with Crippen LogP contribution in [0.2, 0.25) is 0 Å². The van der Waals surface area contributed by atoms with E-state index in [0.717, 1.165) is 5.56 Å². The number of benzene rings is 2. The van der Waals surface area contributed by atoms with Gasteiger partial charge in [0.05, 0.1) is 21.3 Å². The van der Waals surface area contributed by atoms with Crippen LogP contribution in [0.4, 0.5) is 0 Å². The first-order valence-corrected chi connectivity index (χ1v) is 6.71. The first-order chi connectivity index (χ1) is 10.7. The lowest BCUT2D eigenvalue weighted by Crippen LogP contribution is -2.08. The minimum Gasteiger partial charge on any atom is -0.496 e. The van der Waals surface area contributed by atoms with E-state index in [2.05, 4.69) is 0 Å². The summed E-state index contributed by atoms with van der Waals surface area (Å²) in [6.07, 6.45) is 0. The fraction of sp³-hybridized carbons (Fsp3) is 0.235. The highest BCUT2D eigenvalue weighted by Gasteiger charge is 2.23. The molecule has 0 fully saturated rings. The molecule has 2 aromatic carbocycles. The molecular weight excluding hydrogens is 284 g/mol. The first kappa shape index (κ1) is 15.7. The highest BCUT2D eigenvalue weighted by atomic mass is 16.5. The summed E-state index contributed by atoms with van der Waals surface area (Å²) in [5.74, 6) is 0.573. The zero-order valence-electron chi connectivity index (χ0n) is 12.8. The smallest absolute Gasteiger partial charge is 0.345 e. The first-order valence-electron chi connectivity index (χ1n) is 6.71. The molecule has 116 valence electrons. The van der Waals surface area contributed by atoms with Gasteiger partial charge in [0.25, 0.3) is 0 Å². The number of esters is 1. The molecule has 2 aromatic rings. The summed E-state index contributed by atoms with van der Waals surface area (Å²) in [4.78, 5) is 12.0. The maximum atomic E-state index is 12.0. The summed E-state index contributed by atoms with van der Waals surface area (Å²) in [6, 6.07) is 13.1. The summed E-state index contributed by atoms with van der Waals surface area (Å²) in [5, 5.41) is 0. The molecule has 0 radical (unpaired) electrons. The third-order valence-electron chi connectivity index (χ3n) is 3.13. The van der Waals surface area contributed by atoms with Crippen LogP contribution in [-0.2, 0) is 11.3 Å². The molecule has 0 saturated carbocycles. The molecule has 0 saturated heterocycles. The van der Waals surface area contributed by atoms with E-state index in [4.69, 9.17) is 18.9 Å². The fourth-order valence-electron chi connectivity index (χ4n) is 2.06. The van der Waals surface area contributed by atoms with E-state index < -0.39 is 5.97 Å². The van der Waals surface area contributed by atoms with Gasteiger partial charge in [-0.05, 0) is 17.7 Å². The van der Waals surface area contributed by atoms with Crippen LogP contribution in [0.5, 0.6) is 17.2 Å². The standard InChI is InChI=1S/C17H18O5/c1-19-13-9-10-14(16(20-2)15(13)17(18)21-3)22-11-12-7-5-4-6-8-12/h4-10H,11H2,1-3H3. The number of hydrogen-bond acceptors (Lipinski definition) is 5. The van der Waals surface area contributed by atoms with Crippen molar-refractivity contribution in [3.8, 4) is 17.2 Å². The molecule has 0 aliphatic rings. The Morgan fingerprint density at radius 2 is 1.59 bits per heavy atom.